The minimum atomic E-state index is 0.170. The Morgan fingerprint density at radius 2 is 1.69 bits per heavy atom. The summed E-state index contributed by atoms with van der Waals surface area (Å²) in [5.41, 5.74) is 2.43. The van der Waals surface area contributed by atoms with Crippen LogP contribution in [0.15, 0.2) is 48.5 Å². The molecule has 2 rings (SSSR count). The first-order valence-corrected chi connectivity index (χ1v) is 10.3. The van der Waals surface area contributed by atoms with Gasteiger partial charge in [-0.3, -0.25) is 0 Å². The molecule has 142 valence electrons. The Balaban J connectivity index is 0.00000163. The topological polar surface area (TPSA) is 53.5 Å². The fourth-order valence-corrected chi connectivity index (χ4v) is 2.60. The first-order chi connectivity index (χ1) is 12.7. The van der Waals surface area contributed by atoms with Crippen LogP contribution in [0.3, 0.4) is 0 Å². The second-order valence-electron chi connectivity index (χ2n) is 5.53. The van der Waals surface area contributed by atoms with E-state index in [0.717, 1.165) is 37.9 Å². The van der Waals surface area contributed by atoms with E-state index in [0.29, 0.717) is 10.9 Å². The SMILES string of the molecule is COc1cc(CCCNC(=S)NCCc2ccccc2)ccc1O.SS. The molecule has 0 radical (unpaired) electrons. The van der Waals surface area contributed by atoms with Gasteiger partial charge in [-0.2, -0.15) is 0 Å². The first-order valence-electron chi connectivity index (χ1n) is 8.30. The molecule has 7 heteroatoms. The van der Waals surface area contributed by atoms with Crippen LogP contribution in [0, 0.1) is 0 Å². The number of thiol groups is 2. The third-order valence-corrected chi connectivity index (χ3v) is 4.00. The Bertz CT molecular complexity index is 654. The van der Waals surface area contributed by atoms with E-state index < -0.39 is 0 Å². The van der Waals surface area contributed by atoms with Gasteiger partial charge in [0.1, 0.15) is 0 Å². The highest BCUT2D eigenvalue weighted by Crippen LogP contribution is 2.26. The molecule has 0 aliphatic rings. The van der Waals surface area contributed by atoms with Crippen LogP contribution in [0.5, 0.6) is 11.5 Å². The average molecular weight is 411 g/mol. The van der Waals surface area contributed by atoms with Gasteiger partial charge in [-0.1, -0.05) is 36.4 Å². The zero-order valence-electron chi connectivity index (χ0n) is 14.8. The van der Waals surface area contributed by atoms with Crippen molar-refractivity contribution in [3.8, 4) is 11.5 Å². The molecule has 0 heterocycles. The number of methoxy groups -OCH3 is 1. The van der Waals surface area contributed by atoms with Crippen LogP contribution in [0.2, 0.25) is 0 Å². The number of benzene rings is 2. The maximum atomic E-state index is 9.58. The molecule has 0 aliphatic heterocycles. The van der Waals surface area contributed by atoms with E-state index >= 15 is 0 Å². The predicted octanol–water partition coefficient (Wildman–Crippen LogP) is 3.80. The number of ether oxygens (including phenoxy) is 1. The second-order valence-corrected chi connectivity index (χ2v) is 5.94. The van der Waals surface area contributed by atoms with E-state index in [2.05, 4.69) is 46.1 Å². The van der Waals surface area contributed by atoms with Crippen molar-refractivity contribution < 1.29 is 9.84 Å². The zero-order valence-corrected chi connectivity index (χ0v) is 17.4. The second kappa shape index (κ2) is 13.6. The van der Waals surface area contributed by atoms with Gasteiger partial charge in [0.05, 0.1) is 7.11 Å². The number of phenolic OH excluding ortho intramolecular Hbond substituents is 1. The molecule has 0 amide bonds. The molecule has 0 aromatic heterocycles. The highest BCUT2D eigenvalue weighted by atomic mass is 33.1. The monoisotopic (exact) mass is 410 g/mol. The number of aryl methyl sites for hydroxylation is 1. The highest BCUT2D eigenvalue weighted by molar-refractivity contribution is 8.59. The van der Waals surface area contributed by atoms with E-state index in [1.54, 1.807) is 13.2 Å². The van der Waals surface area contributed by atoms with Gasteiger partial charge in [0.15, 0.2) is 16.6 Å². The molecule has 0 spiro atoms. The average Bonchev–Trinajstić information content (AvgIpc) is 2.69. The maximum absolute atomic E-state index is 9.58. The van der Waals surface area contributed by atoms with Crippen LogP contribution in [0.25, 0.3) is 0 Å². The van der Waals surface area contributed by atoms with Crippen LogP contribution in [0.1, 0.15) is 17.5 Å². The van der Waals surface area contributed by atoms with E-state index in [1.165, 1.54) is 5.56 Å². The van der Waals surface area contributed by atoms with Gasteiger partial charge in [-0.25, -0.2) is 0 Å². The summed E-state index contributed by atoms with van der Waals surface area (Å²) in [4.78, 5) is 0. The van der Waals surface area contributed by atoms with Crippen LogP contribution in [0.4, 0.5) is 0 Å². The Kier molecular flexibility index (Phi) is 11.8. The number of hydrogen-bond acceptors (Lipinski definition) is 5. The number of thiocarbonyl (C=S) groups is 1. The lowest BCUT2D eigenvalue weighted by Gasteiger charge is -2.11. The molecule has 0 bridgehead atoms. The van der Waals surface area contributed by atoms with Gasteiger partial charge in [0.25, 0.3) is 0 Å². The standard InChI is InChI=1S/C19H24N2O2S.H2S2/c1-23-18-14-16(9-10-17(18)22)8-5-12-20-19(24)21-13-11-15-6-3-2-4-7-15;1-2/h2-4,6-7,9-10,14,22H,5,8,11-13H2,1H3,(H2,20,21,24);1-2H. The van der Waals surface area contributed by atoms with Crippen molar-refractivity contribution in [3.63, 3.8) is 0 Å². The van der Waals surface area contributed by atoms with Crippen LogP contribution in [-0.4, -0.2) is 30.4 Å². The smallest absolute Gasteiger partial charge is 0.166 e. The normalized spacial score (nSPS) is 9.65. The maximum Gasteiger partial charge on any atom is 0.166 e. The summed E-state index contributed by atoms with van der Waals surface area (Å²) >= 11 is 11.7. The third kappa shape index (κ3) is 8.69. The Morgan fingerprint density at radius 1 is 1.00 bits per heavy atom. The van der Waals surface area contributed by atoms with Gasteiger partial charge >= 0.3 is 0 Å². The number of aromatic hydroxyl groups is 1. The van der Waals surface area contributed by atoms with Gasteiger partial charge in [-0.05, 0) is 54.7 Å². The number of nitrogens with one attached hydrogen (secondary N) is 2. The Labute approximate surface area is 171 Å². The van der Waals surface area contributed by atoms with E-state index in [1.807, 2.05) is 30.3 Å². The minimum absolute atomic E-state index is 0.170. The lowest BCUT2D eigenvalue weighted by atomic mass is 10.1. The number of phenols is 1. The summed E-state index contributed by atoms with van der Waals surface area (Å²) < 4.78 is 5.11. The molecule has 0 fully saturated rings. The molecule has 2 aromatic carbocycles. The Hall–Kier alpha value is -1.57. The first kappa shape index (κ1) is 22.5. The fraction of sp³-hybridized carbons (Fsp3) is 0.316. The molecule has 2 aromatic rings. The van der Waals surface area contributed by atoms with Crippen molar-refractivity contribution in [2.45, 2.75) is 19.3 Å². The summed E-state index contributed by atoms with van der Waals surface area (Å²) in [6.45, 7) is 1.63. The largest absolute Gasteiger partial charge is 0.504 e. The van der Waals surface area contributed by atoms with Crippen molar-refractivity contribution in [2.75, 3.05) is 20.2 Å². The highest BCUT2D eigenvalue weighted by Gasteiger charge is 2.03. The fourth-order valence-electron chi connectivity index (χ4n) is 2.40. The number of rotatable bonds is 8. The predicted molar refractivity (Wildman–Crippen MR) is 120 cm³/mol. The zero-order chi connectivity index (χ0) is 19.2. The van der Waals surface area contributed by atoms with E-state index in [-0.39, 0.29) is 5.75 Å². The molecular weight excluding hydrogens is 384 g/mol. The van der Waals surface area contributed by atoms with Crippen molar-refractivity contribution in [2.24, 2.45) is 0 Å². The summed E-state index contributed by atoms with van der Waals surface area (Å²) in [7, 11) is 1.56. The molecule has 0 unspecified atom stereocenters. The number of hydrogen-bond donors (Lipinski definition) is 5. The minimum Gasteiger partial charge on any atom is -0.504 e. The summed E-state index contributed by atoms with van der Waals surface area (Å²) in [5, 5.41) is 16.7. The molecular formula is C19H26N2O2S3. The van der Waals surface area contributed by atoms with Crippen molar-refractivity contribution in [1.29, 1.82) is 0 Å². The van der Waals surface area contributed by atoms with Crippen LogP contribution < -0.4 is 15.4 Å². The molecule has 0 saturated heterocycles. The summed E-state index contributed by atoms with van der Waals surface area (Å²) in [5.74, 6) is 0.682. The third-order valence-electron chi connectivity index (χ3n) is 3.71. The van der Waals surface area contributed by atoms with Gasteiger partial charge in [0, 0.05) is 13.1 Å². The Morgan fingerprint density at radius 3 is 2.38 bits per heavy atom. The van der Waals surface area contributed by atoms with Gasteiger partial charge < -0.3 is 20.5 Å². The summed E-state index contributed by atoms with van der Waals surface area (Å²) in [6, 6.07) is 15.8. The van der Waals surface area contributed by atoms with Gasteiger partial charge in [-0.15, -0.1) is 23.3 Å². The molecule has 0 atom stereocenters. The van der Waals surface area contributed by atoms with Crippen molar-refractivity contribution >= 4 is 40.7 Å². The molecule has 26 heavy (non-hydrogen) atoms. The molecule has 0 saturated carbocycles. The molecule has 0 aliphatic carbocycles. The van der Waals surface area contributed by atoms with E-state index in [9.17, 15) is 5.11 Å². The lowest BCUT2D eigenvalue weighted by Crippen LogP contribution is -2.36. The molecule has 3 N–H and O–H groups in total. The van der Waals surface area contributed by atoms with Gasteiger partial charge in [0.2, 0.25) is 0 Å². The van der Waals surface area contributed by atoms with Crippen molar-refractivity contribution in [1.82, 2.24) is 10.6 Å². The lowest BCUT2D eigenvalue weighted by molar-refractivity contribution is 0.373. The van der Waals surface area contributed by atoms with Crippen molar-refractivity contribution in [3.05, 3.63) is 59.7 Å². The quantitative estimate of drug-likeness (QED) is 0.198. The van der Waals surface area contributed by atoms with Crippen LogP contribution in [-0.2, 0) is 12.8 Å². The van der Waals surface area contributed by atoms with E-state index in [4.69, 9.17) is 17.0 Å². The van der Waals surface area contributed by atoms with Crippen LogP contribution >= 0.6 is 35.5 Å². The molecule has 4 nitrogen and oxygen atoms in total. The summed E-state index contributed by atoms with van der Waals surface area (Å²) in [6.07, 6.45) is 2.81.